The van der Waals surface area contributed by atoms with Gasteiger partial charge >= 0.3 is 0 Å². The summed E-state index contributed by atoms with van der Waals surface area (Å²) in [5, 5.41) is 2.27. The molecule has 0 aliphatic carbocycles. The van der Waals surface area contributed by atoms with Crippen LogP contribution in [-0.4, -0.2) is 10.1 Å². The van der Waals surface area contributed by atoms with E-state index in [0.29, 0.717) is 5.82 Å². The van der Waals surface area contributed by atoms with E-state index in [-0.39, 0.29) is 0 Å². The molecule has 0 amide bonds. The van der Waals surface area contributed by atoms with Crippen LogP contribution in [0.5, 0.6) is 0 Å². The third-order valence-electron chi connectivity index (χ3n) is 1.17. The van der Waals surface area contributed by atoms with Crippen LogP contribution < -0.4 is 0 Å². The molecular formula is C7H5IN2S. The molecule has 1 rings (SSSR count). The molecule has 0 radical (unpaired) electrons. The van der Waals surface area contributed by atoms with Gasteiger partial charge in [0.2, 0.25) is 0 Å². The summed E-state index contributed by atoms with van der Waals surface area (Å²) in [6.07, 6.45) is 0. The van der Waals surface area contributed by atoms with E-state index in [9.17, 15) is 0 Å². The molecule has 2 nitrogen and oxygen atoms in total. The van der Waals surface area contributed by atoms with Crippen LogP contribution in [0.15, 0.2) is 17.1 Å². The fourth-order valence-electron chi connectivity index (χ4n) is 0.640. The second-order valence-electron chi connectivity index (χ2n) is 1.94. The Labute approximate surface area is 83.9 Å². The van der Waals surface area contributed by atoms with Crippen molar-refractivity contribution in [3.63, 3.8) is 0 Å². The van der Waals surface area contributed by atoms with Gasteiger partial charge in [0.25, 0.3) is 0 Å². The number of nitrogens with zero attached hydrogens (tertiary/aromatic N) is 2. The number of hydrogen-bond acceptors (Lipinski definition) is 3. The highest BCUT2D eigenvalue weighted by Crippen LogP contribution is 2.13. The molecule has 1 aromatic heterocycles. The van der Waals surface area contributed by atoms with Crippen LogP contribution in [0.1, 0.15) is 5.69 Å². The molecule has 0 saturated heterocycles. The molecule has 0 aromatic carbocycles. The lowest BCUT2D eigenvalue weighted by Gasteiger charge is -1.95. The van der Waals surface area contributed by atoms with Gasteiger partial charge in [-0.05, 0) is 53.9 Å². The van der Waals surface area contributed by atoms with E-state index < -0.39 is 0 Å². The van der Waals surface area contributed by atoms with Gasteiger partial charge in [-0.25, -0.2) is 4.98 Å². The van der Waals surface area contributed by atoms with Gasteiger partial charge in [-0.3, -0.25) is 0 Å². The Bertz CT molecular complexity index is 318. The van der Waals surface area contributed by atoms with Crippen LogP contribution in [0.2, 0.25) is 0 Å². The molecule has 0 fully saturated rings. The summed E-state index contributed by atoms with van der Waals surface area (Å²) in [5.41, 5.74) is 0.970. The smallest absolute Gasteiger partial charge is 0.162 e. The van der Waals surface area contributed by atoms with Crippen LogP contribution >= 0.6 is 34.8 Å². The summed E-state index contributed by atoms with van der Waals surface area (Å²) in [4.78, 5) is 7.92. The molecule has 0 aliphatic heterocycles. The van der Waals surface area contributed by atoms with E-state index in [2.05, 4.69) is 49.9 Å². The van der Waals surface area contributed by atoms with E-state index in [1.54, 1.807) is 0 Å². The zero-order chi connectivity index (χ0) is 8.27. The van der Waals surface area contributed by atoms with Gasteiger partial charge in [0.15, 0.2) is 5.82 Å². The van der Waals surface area contributed by atoms with Crippen molar-refractivity contribution in [1.82, 2.24) is 4.98 Å². The standard InChI is InChI=1S/C7H5IN2S/c1-5-6(8)2-3-7(10-5)9-4-11/h2-3H,1H3. The molecule has 0 unspecified atom stereocenters. The fourth-order valence-corrected chi connectivity index (χ4v) is 1.03. The van der Waals surface area contributed by atoms with Gasteiger partial charge in [0.05, 0.1) is 10.9 Å². The highest BCUT2D eigenvalue weighted by molar-refractivity contribution is 14.1. The van der Waals surface area contributed by atoms with E-state index in [4.69, 9.17) is 0 Å². The molecule has 0 atom stereocenters. The summed E-state index contributed by atoms with van der Waals surface area (Å²) in [7, 11) is 0. The monoisotopic (exact) mass is 276 g/mol. The second-order valence-corrected chi connectivity index (χ2v) is 3.28. The number of halogens is 1. The number of aliphatic imine (C=N–C) groups is 1. The first-order valence-electron chi connectivity index (χ1n) is 2.95. The summed E-state index contributed by atoms with van der Waals surface area (Å²) < 4.78 is 1.13. The lowest BCUT2D eigenvalue weighted by Crippen LogP contribution is -1.84. The van der Waals surface area contributed by atoms with Crippen molar-refractivity contribution in [2.45, 2.75) is 6.92 Å². The fraction of sp³-hybridized carbons (Fsp3) is 0.143. The number of aryl methyl sites for hydroxylation is 1. The molecule has 56 valence electrons. The number of thiocarbonyl (C=S) groups is 1. The van der Waals surface area contributed by atoms with Crippen LogP contribution in [0.4, 0.5) is 5.82 Å². The average molecular weight is 276 g/mol. The lowest BCUT2D eigenvalue weighted by molar-refractivity contribution is 1.16. The first-order valence-corrected chi connectivity index (χ1v) is 4.44. The third kappa shape index (κ3) is 2.32. The number of aromatic nitrogens is 1. The molecule has 0 saturated carbocycles. The Hall–Kier alpha value is -0.320. The van der Waals surface area contributed by atoms with Crippen LogP contribution in [0, 0.1) is 10.5 Å². The number of rotatable bonds is 1. The minimum Gasteiger partial charge on any atom is -0.232 e. The minimum atomic E-state index is 0.623. The summed E-state index contributed by atoms with van der Waals surface area (Å²) in [6.45, 7) is 1.93. The molecule has 0 N–H and O–H groups in total. The van der Waals surface area contributed by atoms with Crippen molar-refractivity contribution < 1.29 is 0 Å². The van der Waals surface area contributed by atoms with Crippen molar-refractivity contribution in [3.05, 3.63) is 21.4 Å². The lowest BCUT2D eigenvalue weighted by atomic mass is 10.4. The molecule has 0 spiro atoms. The van der Waals surface area contributed by atoms with Crippen LogP contribution in [-0.2, 0) is 0 Å². The van der Waals surface area contributed by atoms with Crippen molar-refractivity contribution in [1.29, 1.82) is 0 Å². The normalized spacial score (nSPS) is 8.91. The maximum atomic E-state index is 4.45. The Morgan fingerprint density at radius 1 is 1.64 bits per heavy atom. The third-order valence-corrected chi connectivity index (χ3v) is 2.40. The van der Waals surface area contributed by atoms with Crippen LogP contribution in [0.25, 0.3) is 0 Å². The van der Waals surface area contributed by atoms with Gasteiger partial charge < -0.3 is 0 Å². The zero-order valence-electron chi connectivity index (χ0n) is 5.84. The number of pyridine rings is 1. The van der Waals surface area contributed by atoms with Gasteiger partial charge in [0, 0.05) is 3.57 Å². The van der Waals surface area contributed by atoms with E-state index >= 15 is 0 Å². The number of hydrogen-bond donors (Lipinski definition) is 0. The SMILES string of the molecule is Cc1nc(N=C=S)ccc1I. The first-order chi connectivity index (χ1) is 5.24. The van der Waals surface area contributed by atoms with E-state index in [0.717, 1.165) is 9.26 Å². The highest BCUT2D eigenvalue weighted by Gasteiger charge is 1.95. The molecule has 1 heterocycles. The molecule has 0 aliphatic rings. The topological polar surface area (TPSA) is 25.2 Å². The van der Waals surface area contributed by atoms with Crippen molar-refractivity contribution in [3.8, 4) is 0 Å². The van der Waals surface area contributed by atoms with Crippen molar-refractivity contribution >= 4 is 45.8 Å². The summed E-state index contributed by atoms with van der Waals surface area (Å²) in [6, 6.07) is 3.77. The average Bonchev–Trinajstić information content (AvgIpc) is 1.98. The van der Waals surface area contributed by atoms with Gasteiger partial charge in [0.1, 0.15) is 0 Å². The van der Waals surface area contributed by atoms with Gasteiger partial charge in [-0.2, -0.15) is 4.99 Å². The summed E-state index contributed by atoms with van der Waals surface area (Å²) in [5.74, 6) is 0.623. The molecule has 0 bridgehead atoms. The molecule has 11 heavy (non-hydrogen) atoms. The predicted molar refractivity (Wildman–Crippen MR) is 56.4 cm³/mol. The summed E-state index contributed by atoms with van der Waals surface area (Å²) >= 11 is 6.67. The van der Waals surface area contributed by atoms with E-state index in [1.807, 2.05) is 19.1 Å². The van der Waals surface area contributed by atoms with Crippen LogP contribution in [0.3, 0.4) is 0 Å². The van der Waals surface area contributed by atoms with Gasteiger partial charge in [-0.15, -0.1) is 0 Å². The Kier molecular flexibility index (Phi) is 3.11. The first kappa shape index (κ1) is 8.77. The van der Waals surface area contributed by atoms with Crippen molar-refractivity contribution in [2.24, 2.45) is 4.99 Å². The Balaban J connectivity index is 3.14. The van der Waals surface area contributed by atoms with Gasteiger partial charge in [-0.1, -0.05) is 0 Å². The predicted octanol–water partition coefficient (Wildman–Crippen LogP) is 2.73. The Morgan fingerprint density at radius 2 is 2.36 bits per heavy atom. The Morgan fingerprint density at radius 3 is 2.91 bits per heavy atom. The maximum Gasteiger partial charge on any atom is 0.162 e. The minimum absolute atomic E-state index is 0.623. The van der Waals surface area contributed by atoms with Crippen molar-refractivity contribution in [2.75, 3.05) is 0 Å². The quantitative estimate of drug-likeness (QED) is 0.447. The molecule has 1 aromatic rings. The molecular weight excluding hydrogens is 271 g/mol. The highest BCUT2D eigenvalue weighted by atomic mass is 127. The zero-order valence-corrected chi connectivity index (χ0v) is 8.81. The largest absolute Gasteiger partial charge is 0.232 e. The second kappa shape index (κ2) is 3.90. The number of isothiocyanates is 1. The maximum absolute atomic E-state index is 4.45. The molecule has 4 heteroatoms. The van der Waals surface area contributed by atoms with E-state index in [1.165, 1.54) is 0 Å².